The number of rotatable bonds is 6. The summed E-state index contributed by atoms with van der Waals surface area (Å²) >= 11 is 7.24. The average Bonchev–Trinajstić information content (AvgIpc) is 2.92. The maximum Gasteiger partial charge on any atom is 0.305 e. The van der Waals surface area contributed by atoms with Gasteiger partial charge in [-0.05, 0) is 24.6 Å². The number of carboxylic acid groups (broad SMARTS) is 1. The second-order valence-corrected chi connectivity index (χ2v) is 6.68. The molecule has 0 saturated carbocycles. The van der Waals surface area contributed by atoms with Gasteiger partial charge in [0.2, 0.25) is 5.91 Å². The number of benzene rings is 1. The number of thiophene rings is 1. The van der Waals surface area contributed by atoms with Crippen LogP contribution in [0.3, 0.4) is 0 Å². The molecule has 0 aliphatic rings. The van der Waals surface area contributed by atoms with Gasteiger partial charge in [0.1, 0.15) is 0 Å². The van der Waals surface area contributed by atoms with Crippen molar-refractivity contribution in [3.8, 4) is 0 Å². The van der Waals surface area contributed by atoms with Gasteiger partial charge in [0.25, 0.3) is 0 Å². The zero-order valence-corrected chi connectivity index (χ0v) is 13.5. The molecule has 1 aromatic carbocycles. The third-order valence-electron chi connectivity index (χ3n) is 3.31. The first-order chi connectivity index (χ1) is 10.5. The zero-order valence-electron chi connectivity index (χ0n) is 12.0. The molecule has 0 aliphatic carbocycles. The van der Waals surface area contributed by atoms with Crippen LogP contribution < -0.4 is 5.32 Å². The fourth-order valence-corrected chi connectivity index (χ4v) is 3.21. The highest BCUT2D eigenvalue weighted by Gasteiger charge is 2.23. The van der Waals surface area contributed by atoms with Crippen LogP contribution in [0, 0.1) is 0 Å². The Morgan fingerprint density at radius 1 is 1.23 bits per heavy atom. The molecule has 2 rings (SSSR count). The molecule has 0 saturated heterocycles. The Morgan fingerprint density at radius 3 is 2.45 bits per heavy atom. The van der Waals surface area contributed by atoms with E-state index >= 15 is 0 Å². The van der Waals surface area contributed by atoms with Crippen LogP contribution in [0.1, 0.15) is 35.7 Å². The van der Waals surface area contributed by atoms with Crippen molar-refractivity contribution < 1.29 is 14.7 Å². The fourth-order valence-electron chi connectivity index (χ4n) is 2.10. The monoisotopic (exact) mass is 337 g/mol. The lowest BCUT2D eigenvalue weighted by Crippen LogP contribution is -2.33. The molecule has 1 heterocycles. The molecule has 6 heteroatoms. The van der Waals surface area contributed by atoms with Gasteiger partial charge >= 0.3 is 5.97 Å². The Labute approximate surface area is 137 Å². The molecule has 0 radical (unpaired) electrons. The van der Waals surface area contributed by atoms with Crippen molar-refractivity contribution in [1.29, 1.82) is 0 Å². The van der Waals surface area contributed by atoms with E-state index in [-0.39, 0.29) is 18.2 Å². The summed E-state index contributed by atoms with van der Waals surface area (Å²) in [5, 5.41) is 11.9. The van der Waals surface area contributed by atoms with Crippen LogP contribution in [0.15, 0.2) is 42.5 Å². The Kier molecular flexibility index (Phi) is 5.57. The van der Waals surface area contributed by atoms with E-state index in [4.69, 9.17) is 16.7 Å². The van der Waals surface area contributed by atoms with Crippen LogP contribution in [0.2, 0.25) is 4.34 Å². The van der Waals surface area contributed by atoms with E-state index in [9.17, 15) is 9.59 Å². The van der Waals surface area contributed by atoms with Crippen LogP contribution in [-0.4, -0.2) is 17.0 Å². The highest BCUT2D eigenvalue weighted by Crippen LogP contribution is 2.29. The van der Waals surface area contributed by atoms with Gasteiger partial charge in [0.15, 0.2) is 0 Å². The summed E-state index contributed by atoms with van der Waals surface area (Å²) in [5.41, 5.74) is 0.773. The van der Waals surface area contributed by atoms with Gasteiger partial charge in [-0.15, -0.1) is 11.3 Å². The first kappa shape index (κ1) is 16.5. The summed E-state index contributed by atoms with van der Waals surface area (Å²) in [6, 6.07) is 12.1. The molecule has 1 amide bonds. The van der Waals surface area contributed by atoms with Gasteiger partial charge in [-0.25, -0.2) is 0 Å². The first-order valence-corrected chi connectivity index (χ1v) is 7.99. The van der Waals surface area contributed by atoms with E-state index in [0.29, 0.717) is 4.34 Å². The molecular formula is C16H16ClNO3S. The number of halogens is 1. The van der Waals surface area contributed by atoms with Crippen molar-refractivity contribution in [1.82, 2.24) is 5.32 Å². The summed E-state index contributed by atoms with van der Waals surface area (Å²) in [6.07, 6.45) is -0.159. The number of carboxylic acids is 1. The molecule has 0 bridgehead atoms. The highest BCUT2D eigenvalue weighted by molar-refractivity contribution is 7.16. The topological polar surface area (TPSA) is 66.4 Å². The number of hydrogen-bond donors (Lipinski definition) is 2. The SMILES string of the molecule is CC(C(=O)NC(CC(=O)O)c1ccccc1)c1ccc(Cl)s1. The van der Waals surface area contributed by atoms with E-state index in [0.717, 1.165) is 10.4 Å². The van der Waals surface area contributed by atoms with E-state index < -0.39 is 12.0 Å². The van der Waals surface area contributed by atoms with Gasteiger partial charge in [-0.1, -0.05) is 41.9 Å². The smallest absolute Gasteiger partial charge is 0.305 e. The normalized spacial score (nSPS) is 13.4. The predicted molar refractivity (Wildman–Crippen MR) is 87.3 cm³/mol. The lowest BCUT2D eigenvalue weighted by atomic mass is 10.0. The zero-order chi connectivity index (χ0) is 16.1. The average molecular weight is 338 g/mol. The largest absolute Gasteiger partial charge is 0.481 e. The van der Waals surface area contributed by atoms with Crippen molar-refractivity contribution in [2.75, 3.05) is 0 Å². The number of amides is 1. The van der Waals surface area contributed by atoms with Gasteiger partial charge in [-0.2, -0.15) is 0 Å². The van der Waals surface area contributed by atoms with Crippen molar-refractivity contribution in [3.63, 3.8) is 0 Å². The van der Waals surface area contributed by atoms with E-state index in [1.165, 1.54) is 11.3 Å². The summed E-state index contributed by atoms with van der Waals surface area (Å²) in [7, 11) is 0. The molecule has 4 nitrogen and oxygen atoms in total. The van der Waals surface area contributed by atoms with Crippen molar-refractivity contribution in [2.24, 2.45) is 0 Å². The number of carbonyl (C=O) groups is 2. The minimum Gasteiger partial charge on any atom is -0.481 e. The summed E-state index contributed by atoms with van der Waals surface area (Å²) in [5.74, 6) is -1.55. The Bertz CT molecular complexity index is 656. The van der Waals surface area contributed by atoms with Crippen molar-refractivity contribution in [2.45, 2.75) is 25.3 Å². The summed E-state index contributed by atoms with van der Waals surface area (Å²) in [6.45, 7) is 1.78. The van der Waals surface area contributed by atoms with Crippen LogP contribution in [-0.2, 0) is 9.59 Å². The molecule has 2 aromatic rings. The van der Waals surface area contributed by atoms with Gasteiger partial charge in [0.05, 0.1) is 22.7 Å². The van der Waals surface area contributed by atoms with Gasteiger partial charge < -0.3 is 10.4 Å². The standard InChI is InChI=1S/C16H16ClNO3S/c1-10(13-7-8-14(17)22-13)16(21)18-12(9-15(19)20)11-5-3-2-4-6-11/h2-8,10,12H,9H2,1H3,(H,18,21)(H,19,20). The minimum absolute atomic E-state index is 0.159. The minimum atomic E-state index is -0.957. The Balaban J connectivity index is 2.12. The number of nitrogens with one attached hydrogen (secondary N) is 1. The second kappa shape index (κ2) is 7.42. The lowest BCUT2D eigenvalue weighted by molar-refractivity contribution is -0.137. The lowest BCUT2D eigenvalue weighted by Gasteiger charge is -2.19. The van der Waals surface area contributed by atoms with Crippen LogP contribution in [0.5, 0.6) is 0 Å². The maximum absolute atomic E-state index is 12.4. The second-order valence-electron chi connectivity index (χ2n) is 4.93. The summed E-state index contributed by atoms with van der Waals surface area (Å²) < 4.78 is 0.625. The molecule has 1 aromatic heterocycles. The molecule has 2 unspecified atom stereocenters. The van der Waals surface area contributed by atoms with E-state index in [1.54, 1.807) is 25.1 Å². The number of aliphatic carboxylic acids is 1. The predicted octanol–water partition coefficient (Wildman–Crippen LogP) is 3.84. The van der Waals surface area contributed by atoms with E-state index in [2.05, 4.69) is 5.32 Å². The van der Waals surface area contributed by atoms with E-state index in [1.807, 2.05) is 24.3 Å². The maximum atomic E-state index is 12.4. The van der Waals surface area contributed by atoms with Crippen LogP contribution >= 0.6 is 22.9 Å². The molecule has 0 fully saturated rings. The summed E-state index contributed by atoms with van der Waals surface area (Å²) in [4.78, 5) is 24.3. The molecule has 116 valence electrons. The van der Waals surface area contributed by atoms with Crippen LogP contribution in [0.4, 0.5) is 0 Å². The molecule has 0 aliphatic heterocycles. The molecule has 0 spiro atoms. The van der Waals surface area contributed by atoms with Crippen LogP contribution in [0.25, 0.3) is 0 Å². The Morgan fingerprint density at radius 2 is 1.91 bits per heavy atom. The molecule has 22 heavy (non-hydrogen) atoms. The van der Waals surface area contributed by atoms with Gasteiger partial charge in [-0.3, -0.25) is 9.59 Å². The fraction of sp³-hybridized carbons (Fsp3) is 0.250. The third-order valence-corrected chi connectivity index (χ3v) is 4.73. The third kappa shape index (κ3) is 4.32. The Hall–Kier alpha value is -1.85. The van der Waals surface area contributed by atoms with Gasteiger partial charge in [0, 0.05) is 4.88 Å². The quantitative estimate of drug-likeness (QED) is 0.841. The molecule has 2 N–H and O–H groups in total. The van der Waals surface area contributed by atoms with Crippen molar-refractivity contribution in [3.05, 3.63) is 57.2 Å². The number of hydrogen-bond acceptors (Lipinski definition) is 3. The van der Waals surface area contributed by atoms with Crippen molar-refractivity contribution >= 4 is 34.8 Å². The number of carbonyl (C=O) groups excluding carboxylic acids is 1. The molecule has 2 atom stereocenters. The molecular weight excluding hydrogens is 322 g/mol. The highest BCUT2D eigenvalue weighted by atomic mass is 35.5. The first-order valence-electron chi connectivity index (χ1n) is 6.79.